The van der Waals surface area contributed by atoms with Crippen LogP contribution < -0.4 is 14.8 Å². The lowest BCUT2D eigenvalue weighted by Gasteiger charge is -2.23. The van der Waals surface area contributed by atoms with Crippen molar-refractivity contribution in [2.24, 2.45) is 0 Å². The third kappa shape index (κ3) is 4.25. The molecule has 0 aliphatic heterocycles. The van der Waals surface area contributed by atoms with Crippen LogP contribution in [0.2, 0.25) is 0 Å². The topological polar surface area (TPSA) is 50.8 Å². The van der Waals surface area contributed by atoms with Crippen LogP contribution in [0, 0.1) is 5.82 Å². The van der Waals surface area contributed by atoms with Gasteiger partial charge in [-0.3, -0.25) is 0 Å². The summed E-state index contributed by atoms with van der Waals surface area (Å²) in [5.74, 6) is 0.970. The van der Waals surface area contributed by atoms with E-state index in [1.54, 1.807) is 31.3 Å². The van der Waals surface area contributed by atoms with Gasteiger partial charge in [-0.25, -0.2) is 9.18 Å². The molecule has 0 atom stereocenters. The molecule has 0 aromatic heterocycles. The van der Waals surface area contributed by atoms with Crippen LogP contribution in [0.25, 0.3) is 0 Å². The van der Waals surface area contributed by atoms with Crippen molar-refractivity contribution in [2.75, 3.05) is 14.2 Å². The third-order valence-electron chi connectivity index (χ3n) is 4.43. The highest BCUT2D eigenvalue weighted by atomic mass is 19.1. The lowest BCUT2D eigenvalue weighted by Crippen LogP contribution is -2.40. The second-order valence-corrected chi connectivity index (χ2v) is 6.30. The highest BCUT2D eigenvalue weighted by molar-refractivity contribution is 5.75. The summed E-state index contributed by atoms with van der Waals surface area (Å²) in [5.41, 5.74) is 1.75. The van der Waals surface area contributed by atoms with Gasteiger partial charge in [0.15, 0.2) is 11.5 Å². The Hall–Kier alpha value is -2.76. The molecule has 1 aliphatic carbocycles. The van der Waals surface area contributed by atoms with Crippen molar-refractivity contribution in [2.45, 2.75) is 32.0 Å². The number of para-hydroxylation sites is 1. The highest BCUT2D eigenvalue weighted by Crippen LogP contribution is 2.31. The van der Waals surface area contributed by atoms with Crippen molar-refractivity contribution in [3.8, 4) is 11.5 Å². The zero-order valence-electron chi connectivity index (χ0n) is 15.0. The Labute approximate surface area is 152 Å². The van der Waals surface area contributed by atoms with Gasteiger partial charge < -0.3 is 19.7 Å². The predicted octanol–water partition coefficient (Wildman–Crippen LogP) is 3.72. The molecule has 2 aromatic carbocycles. The first-order valence-corrected chi connectivity index (χ1v) is 8.61. The van der Waals surface area contributed by atoms with E-state index in [0.717, 1.165) is 24.0 Å². The maximum absolute atomic E-state index is 13.1. The smallest absolute Gasteiger partial charge is 0.318 e. The minimum Gasteiger partial charge on any atom is -0.493 e. The van der Waals surface area contributed by atoms with E-state index in [1.807, 2.05) is 18.2 Å². The molecule has 1 aliphatic rings. The van der Waals surface area contributed by atoms with E-state index in [1.165, 1.54) is 12.1 Å². The molecule has 1 N–H and O–H groups in total. The van der Waals surface area contributed by atoms with Crippen molar-refractivity contribution in [1.82, 2.24) is 10.2 Å². The first-order valence-electron chi connectivity index (χ1n) is 8.61. The van der Waals surface area contributed by atoms with Crippen LogP contribution in [0.5, 0.6) is 11.5 Å². The first-order chi connectivity index (χ1) is 12.6. The van der Waals surface area contributed by atoms with Gasteiger partial charge in [0.1, 0.15) is 5.82 Å². The van der Waals surface area contributed by atoms with Gasteiger partial charge in [0.05, 0.1) is 14.2 Å². The Bertz CT molecular complexity index is 760. The summed E-state index contributed by atoms with van der Waals surface area (Å²) in [4.78, 5) is 14.5. The number of hydrogen-bond acceptors (Lipinski definition) is 3. The van der Waals surface area contributed by atoms with Gasteiger partial charge in [-0.15, -0.1) is 0 Å². The Morgan fingerprint density at radius 2 is 1.88 bits per heavy atom. The van der Waals surface area contributed by atoms with Crippen LogP contribution in [0.15, 0.2) is 42.5 Å². The molecule has 0 heterocycles. The number of nitrogens with zero attached hydrogens (tertiary/aromatic N) is 1. The third-order valence-corrected chi connectivity index (χ3v) is 4.43. The van der Waals surface area contributed by atoms with Gasteiger partial charge >= 0.3 is 6.03 Å². The number of rotatable bonds is 7. The molecule has 3 rings (SSSR count). The van der Waals surface area contributed by atoms with E-state index in [-0.39, 0.29) is 17.9 Å². The van der Waals surface area contributed by atoms with Gasteiger partial charge in [0, 0.05) is 24.7 Å². The normalized spacial score (nSPS) is 13.2. The second-order valence-electron chi connectivity index (χ2n) is 6.30. The number of urea groups is 1. The molecule has 0 bridgehead atoms. The van der Waals surface area contributed by atoms with Crippen molar-refractivity contribution in [3.63, 3.8) is 0 Å². The maximum Gasteiger partial charge on any atom is 0.318 e. The molecular weight excluding hydrogens is 335 g/mol. The molecule has 2 amide bonds. The van der Waals surface area contributed by atoms with Crippen LogP contribution in [0.4, 0.5) is 9.18 Å². The van der Waals surface area contributed by atoms with E-state index in [2.05, 4.69) is 5.32 Å². The molecule has 6 heteroatoms. The van der Waals surface area contributed by atoms with E-state index in [9.17, 15) is 9.18 Å². The number of carbonyl (C=O) groups excluding carboxylic acids is 1. The molecule has 0 saturated heterocycles. The van der Waals surface area contributed by atoms with Gasteiger partial charge in [-0.2, -0.15) is 0 Å². The number of nitrogens with one attached hydrogen (secondary N) is 1. The van der Waals surface area contributed by atoms with Crippen molar-refractivity contribution >= 4 is 6.03 Å². The van der Waals surface area contributed by atoms with Gasteiger partial charge in [-0.1, -0.05) is 24.3 Å². The molecule has 0 radical (unpaired) electrons. The summed E-state index contributed by atoms with van der Waals surface area (Å²) in [5, 5.41) is 2.96. The Morgan fingerprint density at radius 3 is 2.50 bits per heavy atom. The lowest BCUT2D eigenvalue weighted by atomic mass is 10.2. The van der Waals surface area contributed by atoms with Crippen LogP contribution in [0.1, 0.15) is 24.0 Å². The molecule has 138 valence electrons. The SMILES string of the molecule is COc1cccc(CNC(=O)N(Cc2ccc(F)cc2)C2CC2)c1OC. The van der Waals surface area contributed by atoms with Gasteiger partial charge in [0.2, 0.25) is 0 Å². The molecular formula is C20H23FN2O3. The number of ether oxygens (including phenoxy) is 2. The zero-order valence-corrected chi connectivity index (χ0v) is 15.0. The summed E-state index contributed by atoms with van der Waals surface area (Å²) >= 11 is 0. The number of hydrogen-bond donors (Lipinski definition) is 1. The largest absolute Gasteiger partial charge is 0.493 e. The number of carbonyl (C=O) groups is 1. The van der Waals surface area contributed by atoms with Crippen LogP contribution in [-0.4, -0.2) is 31.2 Å². The number of halogens is 1. The summed E-state index contributed by atoms with van der Waals surface area (Å²) in [6.07, 6.45) is 1.99. The standard InChI is InChI=1S/C20H23FN2O3/c1-25-18-5-3-4-15(19(18)26-2)12-22-20(24)23(17-10-11-17)13-14-6-8-16(21)9-7-14/h3-9,17H,10-13H2,1-2H3,(H,22,24). The van der Waals surface area contributed by atoms with Gasteiger partial charge in [0.25, 0.3) is 0 Å². The Kier molecular flexibility index (Phi) is 5.61. The van der Waals surface area contributed by atoms with Crippen LogP contribution in [0.3, 0.4) is 0 Å². The molecule has 5 nitrogen and oxygen atoms in total. The molecule has 1 fully saturated rings. The lowest BCUT2D eigenvalue weighted by molar-refractivity contribution is 0.191. The molecule has 0 unspecified atom stereocenters. The fourth-order valence-electron chi connectivity index (χ4n) is 2.90. The Balaban J connectivity index is 1.66. The maximum atomic E-state index is 13.1. The van der Waals surface area contributed by atoms with E-state index < -0.39 is 0 Å². The van der Waals surface area contributed by atoms with Crippen molar-refractivity contribution < 1.29 is 18.7 Å². The molecule has 26 heavy (non-hydrogen) atoms. The molecule has 2 aromatic rings. The van der Waals surface area contributed by atoms with E-state index in [0.29, 0.717) is 24.6 Å². The summed E-state index contributed by atoms with van der Waals surface area (Å²) in [6, 6.07) is 11.9. The number of methoxy groups -OCH3 is 2. The fourth-order valence-corrected chi connectivity index (χ4v) is 2.90. The number of benzene rings is 2. The van der Waals surface area contributed by atoms with Crippen LogP contribution in [-0.2, 0) is 13.1 Å². The summed E-state index contributed by atoms with van der Waals surface area (Å²) in [7, 11) is 3.16. The fraction of sp³-hybridized carbons (Fsp3) is 0.350. The summed E-state index contributed by atoms with van der Waals surface area (Å²) < 4.78 is 23.8. The van der Waals surface area contributed by atoms with E-state index in [4.69, 9.17) is 9.47 Å². The molecule has 1 saturated carbocycles. The summed E-state index contributed by atoms with van der Waals surface area (Å²) in [6.45, 7) is 0.803. The minimum absolute atomic E-state index is 0.137. The Morgan fingerprint density at radius 1 is 1.15 bits per heavy atom. The average molecular weight is 358 g/mol. The van der Waals surface area contributed by atoms with Gasteiger partial charge in [-0.05, 0) is 36.6 Å². The quantitative estimate of drug-likeness (QED) is 0.821. The minimum atomic E-state index is -0.277. The molecule has 0 spiro atoms. The monoisotopic (exact) mass is 358 g/mol. The van der Waals surface area contributed by atoms with Crippen LogP contribution >= 0.6 is 0 Å². The predicted molar refractivity (Wildman–Crippen MR) is 96.7 cm³/mol. The average Bonchev–Trinajstić information content (AvgIpc) is 3.50. The zero-order chi connectivity index (χ0) is 18.5. The second kappa shape index (κ2) is 8.08. The van der Waals surface area contributed by atoms with Crippen molar-refractivity contribution in [3.05, 3.63) is 59.4 Å². The van der Waals surface area contributed by atoms with E-state index >= 15 is 0 Å². The highest BCUT2D eigenvalue weighted by Gasteiger charge is 2.32. The van der Waals surface area contributed by atoms with Crippen molar-refractivity contribution in [1.29, 1.82) is 0 Å². The number of amides is 2. The first kappa shape index (κ1) is 18.0.